The average Bonchev–Trinajstić information content (AvgIpc) is 2.93. The Kier molecular flexibility index (Phi) is 5.02. The highest BCUT2D eigenvalue weighted by atomic mass is 79.9. The normalized spacial score (nSPS) is 18.7. The molecular formula is C16H11Br3N4O2S. The van der Waals surface area contributed by atoms with Crippen LogP contribution in [0, 0.1) is 0 Å². The zero-order valence-corrected chi connectivity index (χ0v) is 18.9. The van der Waals surface area contributed by atoms with Crippen LogP contribution in [0.15, 0.2) is 52.4 Å². The number of furan rings is 1. The van der Waals surface area contributed by atoms with Crippen LogP contribution in [0.25, 0.3) is 5.70 Å². The molecule has 3 heterocycles. The third-order valence-electron chi connectivity index (χ3n) is 3.77. The summed E-state index contributed by atoms with van der Waals surface area (Å²) in [5.41, 5.74) is 0.449. The third-order valence-corrected chi connectivity index (χ3v) is 6.72. The number of nitrogens with one attached hydrogen (secondary N) is 1. The van der Waals surface area contributed by atoms with E-state index in [0.29, 0.717) is 26.7 Å². The van der Waals surface area contributed by atoms with Gasteiger partial charge in [0.2, 0.25) is 6.17 Å². The van der Waals surface area contributed by atoms with Gasteiger partial charge in [0.25, 0.3) is 5.91 Å². The largest absolute Gasteiger partial charge is 0.449 e. The number of carbonyl (C=O) groups is 1. The number of amidine groups is 1. The van der Waals surface area contributed by atoms with Crippen LogP contribution in [0.2, 0.25) is 0 Å². The highest BCUT2D eigenvalue weighted by molar-refractivity contribution is 9.13. The smallest absolute Gasteiger partial charge is 0.276 e. The number of benzene rings is 1. The van der Waals surface area contributed by atoms with Gasteiger partial charge in [-0.25, -0.2) is 10.0 Å². The zero-order chi connectivity index (χ0) is 18.4. The molecule has 2 aliphatic heterocycles. The predicted molar refractivity (Wildman–Crippen MR) is 111 cm³/mol. The molecule has 1 amide bonds. The van der Waals surface area contributed by atoms with Crippen molar-refractivity contribution in [2.75, 3.05) is 5.75 Å². The fourth-order valence-corrected chi connectivity index (χ4v) is 4.28. The van der Waals surface area contributed by atoms with Crippen LogP contribution in [-0.4, -0.2) is 21.8 Å². The molecule has 26 heavy (non-hydrogen) atoms. The molecular weight excluding hydrogens is 552 g/mol. The fraction of sp³-hybridized carbons (Fsp3) is 0.188. The topological polar surface area (TPSA) is 70.2 Å². The molecule has 6 nitrogen and oxygen atoms in total. The van der Waals surface area contributed by atoms with Crippen molar-refractivity contribution in [2.24, 2.45) is 10.1 Å². The molecule has 134 valence electrons. The maximum Gasteiger partial charge on any atom is 0.276 e. The van der Waals surface area contributed by atoms with Crippen molar-refractivity contribution in [3.05, 3.63) is 54.2 Å². The van der Waals surface area contributed by atoms with E-state index in [1.54, 1.807) is 5.01 Å². The van der Waals surface area contributed by atoms with E-state index >= 15 is 0 Å². The number of halogens is 3. The van der Waals surface area contributed by atoms with E-state index in [2.05, 4.69) is 58.2 Å². The lowest BCUT2D eigenvalue weighted by molar-refractivity contribution is -0.116. The van der Waals surface area contributed by atoms with Gasteiger partial charge in [0.15, 0.2) is 15.6 Å². The SMILES string of the molecule is CCSC1=NN2C(=c3cc(Br)ccc3=N[C@@H]2c2cc(Br)c(Br)o2)C(=O)N1. The van der Waals surface area contributed by atoms with E-state index in [-0.39, 0.29) is 5.91 Å². The Labute approximate surface area is 178 Å². The number of hydrogen-bond acceptors (Lipinski definition) is 6. The van der Waals surface area contributed by atoms with Crippen LogP contribution in [0.1, 0.15) is 18.8 Å². The second kappa shape index (κ2) is 7.14. The third kappa shape index (κ3) is 3.17. The molecule has 0 bridgehead atoms. The quantitative estimate of drug-likeness (QED) is 0.609. The molecule has 0 radical (unpaired) electrons. The number of nitrogens with zero attached hydrogens (tertiary/aromatic N) is 3. The van der Waals surface area contributed by atoms with Gasteiger partial charge in [-0.2, -0.15) is 0 Å². The van der Waals surface area contributed by atoms with Gasteiger partial charge in [-0.1, -0.05) is 34.6 Å². The van der Waals surface area contributed by atoms with Gasteiger partial charge in [0.1, 0.15) is 5.70 Å². The second-order valence-corrected chi connectivity index (χ2v) is 9.16. The number of fused-ring (bicyclic) bond motifs is 2. The fourth-order valence-electron chi connectivity index (χ4n) is 2.73. The van der Waals surface area contributed by atoms with E-state index in [9.17, 15) is 4.79 Å². The Hall–Kier alpha value is -1.10. The van der Waals surface area contributed by atoms with Gasteiger partial charge >= 0.3 is 0 Å². The molecule has 1 N–H and O–H groups in total. The second-order valence-electron chi connectivity index (χ2n) is 5.42. The first kappa shape index (κ1) is 18.3. The van der Waals surface area contributed by atoms with E-state index in [0.717, 1.165) is 19.9 Å². The zero-order valence-electron chi connectivity index (χ0n) is 13.3. The van der Waals surface area contributed by atoms with Crippen molar-refractivity contribution >= 4 is 76.3 Å². The van der Waals surface area contributed by atoms with Gasteiger partial charge < -0.3 is 4.42 Å². The van der Waals surface area contributed by atoms with Gasteiger partial charge in [-0.15, -0.1) is 5.10 Å². The molecule has 10 heteroatoms. The number of amides is 1. The summed E-state index contributed by atoms with van der Waals surface area (Å²) < 4.78 is 7.99. The number of rotatable bonds is 2. The maximum absolute atomic E-state index is 12.8. The highest BCUT2D eigenvalue weighted by Crippen LogP contribution is 2.36. The number of thioether (sulfide) groups is 1. The highest BCUT2D eigenvalue weighted by Gasteiger charge is 2.36. The van der Waals surface area contributed by atoms with Crippen molar-refractivity contribution in [2.45, 2.75) is 13.1 Å². The molecule has 0 fully saturated rings. The first-order valence-electron chi connectivity index (χ1n) is 7.62. The Bertz CT molecular complexity index is 1050. The molecule has 2 aliphatic rings. The minimum atomic E-state index is -0.570. The summed E-state index contributed by atoms with van der Waals surface area (Å²) in [6, 6.07) is 7.47. The van der Waals surface area contributed by atoms with Crippen molar-refractivity contribution in [1.82, 2.24) is 10.3 Å². The first-order valence-corrected chi connectivity index (χ1v) is 11.0. The molecule has 0 aliphatic carbocycles. The van der Waals surface area contributed by atoms with Crippen LogP contribution < -0.4 is 15.9 Å². The summed E-state index contributed by atoms with van der Waals surface area (Å²) in [6.45, 7) is 2.00. The van der Waals surface area contributed by atoms with Gasteiger partial charge in [-0.3, -0.25) is 10.1 Å². The Balaban J connectivity index is 1.97. The average molecular weight is 563 g/mol. The minimum Gasteiger partial charge on any atom is -0.449 e. The van der Waals surface area contributed by atoms with E-state index in [4.69, 9.17) is 9.41 Å². The number of carbonyl (C=O) groups excluding carboxylic acids is 1. The monoisotopic (exact) mass is 560 g/mol. The summed E-state index contributed by atoms with van der Waals surface area (Å²) in [7, 11) is 0. The summed E-state index contributed by atoms with van der Waals surface area (Å²) in [5.74, 6) is 1.17. The maximum atomic E-state index is 12.8. The van der Waals surface area contributed by atoms with Crippen molar-refractivity contribution in [1.29, 1.82) is 0 Å². The predicted octanol–water partition coefficient (Wildman–Crippen LogP) is 3.46. The summed E-state index contributed by atoms with van der Waals surface area (Å²) in [6.07, 6.45) is -0.570. The molecule has 0 saturated carbocycles. The van der Waals surface area contributed by atoms with Crippen LogP contribution in [-0.2, 0) is 4.79 Å². The standard InChI is InChI=1S/C16H11Br3N4O2S/c1-2-26-16-21-15(24)12-8-5-7(17)3-4-10(8)20-14(23(12)22-16)11-6-9(18)13(19)25-11/h3-6,14H,2H2,1H3,(H,21,22,24)/t14-/m0/s1. The lowest BCUT2D eigenvalue weighted by Crippen LogP contribution is -2.50. The molecule has 4 rings (SSSR count). The Morgan fingerprint density at radius 1 is 1.31 bits per heavy atom. The molecule has 0 unspecified atom stereocenters. The Morgan fingerprint density at radius 3 is 2.81 bits per heavy atom. The minimum absolute atomic E-state index is 0.208. The summed E-state index contributed by atoms with van der Waals surface area (Å²) in [4.78, 5) is 17.6. The lowest BCUT2D eigenvalue weighted by atomic mass is 10.1. The van der Waals surface area contributed by atoms with Gasteiger partial charge in [0, 0.05) is 9.69 Å². The van der Waals surface area contributed by atoms with Crippen LogP contribution >= 0.6 is 59.6 Å². The molecule has 1 aromatic carbocycles. The van der Waals surface area contributed by atoms with Crippen LogP contribution in [0.3, 0.4) is 0 Å². The van der Waals surface area contributed by atoms with E-state index < -0.39 is 6.17 Å². The van der Waals surface area contributed by atoms with Crippen molar-refractivity contribution in [3.63, 3.8) is 0 Å². The van der Waals surface area contributed by atoms with Crippen LogP contribution in [0.4, 0.5) is 0 Å². The number of hydrogen-bond donors (Lipinski definition) is 1. The first-order chi connectivity index (χ1) is 12.5. The molecule has 2 aromatic rings. The molecule has 1 aromatic heterocycles. The lowest BCUT2D eigenvalue weighted by Gasteiger charge is -2.32. The van der Waals surface area contributed by atoms with Crippen molar-refractivity contribution < 1.29 is 9.21 Å². The summed E-state index contributed by atoms with van der Waals surface area (Å²) >= 11 is 11.7. The number of hydrazone groups is 1. The van der Waals surface area contributed by atoms with Crippen molar-refractivity contribution in [3.8, 4) is 0 Å². The van der Waals surface area contributed by atoms with E-state index in [1.165, 1.54) is 11.8 Å². The summed E-state index contributed by atoms with van der Waals surface area (Å²) in [5, 5.41) is 11.1. The molecule has 0 spiro atoms. The van der Waals surface area contributed by atoms with Gasteiger partial charge in [-0.05, 0) is 61.9 Å². The molecule has 1 atom stereocenters. The Morgan fingerprint density at radius 2 is 2.12 bits per heavy atom. The van der Waals surface area contributed by atoms with E-state index in [1.807, 2.05) is 31.2 Å². The van der Waals surface area contributed by atoms with Gasteiger partial charge in [0.05, 0.1) is 9.83 Å². The molecule has 0 saturated heterocycles. The van der Waals surface area contributed by atoms with Crippen LogP contribution in [0.5, 0.6) is 0 Å².